The van der Waals surface area contributed by atoms with E-state index < -0.39 is 6.16 Å². The molecule has 6 N–H and O–H groups in total. The van der Waals surface area contributed by atoms with Crippen molar-refractivity contribution in [2.75, 3.05) is 13.1 Å². The lowest BCUT2D eigenvalue weighted by molar-refractivity contribution is -0.415. The van der Waals surface area contributed by atoms with Crippen molar-refractivity contribution in [2.45, 2.75) is 26.7 Å². The van der Waals surface area contributed by atoms with Crippen LogP contribution in [-0.2, 0) is 0 Å². The van der Waals surface area contributed by atoms with Gasteiger partial charge in [-0.25, -0.2) is 0 Å². The summed E-state index contributed by atoms with van der Waals surface area (Å²) in [5.74, 6) is 0. The first-order valence-electron chi connectivity index (χ1n) is 4.03. The summed E-state index contributed by atoms with van der Waals surface area (Å²) in [5.41, 5.74) is 7.21. The molecule has 0 radical (unpaired) electrons. The lowest BCUT2D eigenvalue weighted by atomic mass is 10.5. The van der Waals surface area contributed by atoms with Gasteiger partial charge in [0.2, 0.25) is 0 Å². The van der Waals surface area contributed by atoms with Gasteiger partial charge in [-0.05, 0) is 19.0 Å². The standard InChI is InChI=1S/2C3H9N.CH2O3/c2*1-2-3-4;2-1(3)4/h2*2-4H2,1H3;(H2,2,3,4). The molecule has 0 rings (SSSR count). The van der Waals surface area contributed by atoms with E-state index in [0.29, 0.717) is 0 Å². The molecule has 0 amide bonds. The zero-order valence-electron chi connectivity index (χ0n) is 7.97. The Hall–Kier alpha value is -0.810. The molecular weight excluding hydrogens is 160 g/mol. The van der Waals surface area contributed by atoms with Gasteiger partial charge in [-0.15, -0.1) is 0 Å². The van der Waals surface area contributed by atoms with E-state index in [1.807, 2.05) is 0 Å². The average molecular weight is 180 g/mol. The number of hydrogen-bond donors (Lipinski definition) is 2. The van der Waals surface area contributed by atoms with E-state index in [4.69, 9.17) is 15.0 Å². The Labute approximate surface area is 73.4 Å². The van der Waals surface area contributed by atoms with Gasteiger partial charge >= 0.3 is 0 Å². The third-order valence-electron chi connectivity index (χ3n) is 0.707. The van der Waals surface area contributed by atoms with Crippen molar-refractivity contribution in [3.63, 3.8) is 0 Å². The lowest BCUT2D eigenvalue weighted by Crippen LogP contribution is -2.49. The molecule has 0 aromatic carbocycles. The maximum Gasteiger partial charge on any atom is 0.0737 e. The van der Waals surface area contributed by atoms with Crippen molar-refractivity contribution in [3.8, 4) is 0 Å². The summed E-state index contributed by atoms with van der Waals surface area (Å²) >= 11 is 0. The fraction of sp³-hybridized carbons (Fsp3) is 0.857. The first-order chi connectivity index (χ1) is 5.56. The molecule has 0 atom stereocenters. The van der Waals surface area contributed by atoms with E-state index in [0.717, 1.165) is 13.1 Å². The summed E-state index contributed by atoms with van der Waals surface area (Å²) < 4.78 is 0. The summed E-state index contributed by atoms with van der Waals surface area (Å²) in [6.07, 6.45) is 0.0833. The molecule has 76 valence electrons. The average Bonchev–Trinajstić information content (AvgIpc) is 2.03. The zero-order chi connectivity index (χ0) is 10.4. The van der Waals surface area contributed by atoms with Crippen LogP contribution in [0.1, 0.15) is 26.7 Å². The number of carbonyl (C=O) groups is 1. The summed E-state index contributed by atoms with van der Waals surface area (Å²) in [4.78, 5) is 8.33. The van der Waals surface area contributed by atoms with Gasteiger partial charge in [-0.2, -0.15) is 0 Å². The molecule has 12 heavy (non-hydrogen) atoms. The van der Waals surface area contributed by atoms with Gasteiger partial charge in [-0.3, -0.25) is 0 Å². The van der Waals surface area contributed by atoms with E-state index in [-0.39, 0.29) is 0 Å². The molecule has 0 aliphatic heterocycles. The first kappa shape index (κ1) is 17.3. The molecule has 0 aromatic heterocycles. The summed E-state index contributed by atoms with van der Waals surface area (Å²) in [5, 5.41) is 16.7. The Balaban J connectivity index is -0.000000101. The third-order valence-corrected chi connectivity index (χ3v) is 0.707. The highest BCUT2D eigenvalue weighted by atomic mass is 16.6. The van der Waals surface area contributed by atoms with Crippen molar-refractivity contribution in [1.82, 2.24) is 0 Å². The van der Waals surface area contributed by atoms with E-state index in [1.165, 1.54) is 12.8 Å². The number of rotatable bonds is 2. The fourth-order valence-electron chi connectivity index (χ4n) is 0. The maximum absolute atomic E-state index is 8.33. The molecule has 0 aromatic rings. The maximum atomic E-state index is 8.33. The van der Waals surface area contributed by atoms with E-state index >= 15 is 0 Å². The van der Waals surface area contributed by atoms with Gasteiger partial charge in [0, 0.05) is 0 Å². The smallest absolute Gasteiger partial charge is 0.0737 e. The summed E-state index contributed by atoms with van der Waals surface area (Å²) in [7, 11) is 0. The van der Waals surface area contributed by atoms with Crippen molar-refractivity contribution < 1.29 is 26.5 Å². The molecule has 0 bridgehead atoms. The second-order valence-electron chi connectivity index (χ2n) is 1.96. The fourth-order valence-corrected chi connectivity index (χ4v) is 0. The molecule has 0 aliphatic rings. The first-order valence-corrected chi connectivity index (χ1v) is 4.03. The quantitative estimate of drug-likeness (QED) is 0.466. The van der Waals surface area contributed by atoms with Crippen LogP contribution in [0.2, 0.25) is 0 Å². The molecular formula is C7H20N2O3. The molecule has 5 nitrogen and oxygen atoms in total. The molecule has 5 heteroatoms. The minimum absolute atomic E-state index is 1.07. The van der Waals surface area contributed by atoms with Gasteiger partial charge < -0.3 is 26.5 Å². The lowest BCUT2D eigenvalue weighted by Gasteiger charge is -1.96. The largest absolute Gasteiger partial charge is 0.652 e. The van der Waals surface area contributed by atoms with Crippen LogP contribution in [0.15, 0.2) is 0 Å². The number of hydrogen-bond acceptors (Lipinski definition) is 3. The van der Waals surface area contributed by atoms with Crippen LogP contribution in [0.5, 0.6) is 0 Å². The van der Waals surface area contributed by atoms with Gasteiger partial charge in [0.25, 0.3) is 0 Å². The zero-order valence-corrected chi connectivity index (χ0v) is 7.97. The molecule has 0 fully saturated rings. The summed E-state index contributed by atoms with van der Waals surface area (Å²) in [6, 6.07) is 0. The molecule has 0 saturated carbocycles. The van der Waals surface area contributed by atoms with Crippen LogP contribution in [0.3, 0.4) is 0 Å². The monoisotopic (exact) mass is 180 g/mol. The third kappa shape index (κ3) is 435. The van der Waals surface area contributed by atoms with Crippen LogP contribution >= 0.6 is 0 Å². The van der Waals surface area contributed by atoms with E-state index in [1.54, 1.807) is 0 Å². The van der Waals surface area contributed by atoms with Crippen LogP contribution in [-0.4, -0.2) is 19.2 Å². The summed E-state index contributed by atoms with van der Waals surface area (Å²) in [6.45, 7) is 6.38. The van der Waals surface area contributed by atoms with E-state index in [9.17, 15) is 0 Å². The highest BCUT2D eigenvalue weighted by molar-refractivity contribution is 5.47. The van der Waals surface area contributed by atoms with Crippen LogP contribution in [0.4, 0.5) is 4.79 Å². The molecule has 0 spiro atoms. The Morgan fingerprint density at radius 1 is 1.08 bits per heavy atom. The Morgan fingerprint density at radius 2 is 1.17 bits per heavy atom. The van der Waals surface area contributed by atoms with Gasteiger partial charge in [0.1, 0.15) is 0 Å². The minimum atomic E-state index is -2.33. The Bertz CT molecular complexity index is 67.1. The van der Waals surface area contributed by atoms with Crippen LogP contribution in [0, 0.1) is 0 Å². The van der Waals surface area contributed by atoms with Crippen molar-refractivity contribution in [3.05, 3.63) is 0 Å². The van der Waals surface area contributed by atoms with E-state index in [2.05, 4.69) is 25.3 Å². The molecule has 0 heterocycles. The Kier molecular flexibility index (Phi) is 32.4. The Morgan fingerprint density at radius 3 is 1.17 bits per heavy atom. The molecule has 0 saturated heterocycles. The number of carboxylic acid groups (broad SMARTS) is 2. The van der Waals surface area contributed by atoms with Gasteiger partial charge in [-0.1, -0.05) is 13.8 Å². The second kappa shape index (κ2) is 22.5. The van der Waals surface area contributed by atoms with Crippen molar-refractivity contribution in [2.24, 2.45) is 0 Å². The minimum Gasteiger partial charge on any atom is -0.652 e. The van der Waals surface area contributed by atoms with Crippen molar-refractivity contribution >= 4 is 6.16 Å². The topological polar surface area (TPSA) is 118 Å². The highest BCUT2D eigenvalue weighted by Crippen LogP contribution is 1.55. The number of carbonyl (C=O) groups excluding carboxylic acids is 1. The van der Waals surface area contributed by atoms with Gasteiger partial charge in [0.05, 0.1) is 13.1 Å². The number of quaternary nitrogens is 2. The predicted octanol–water partition coefficient (Wildman–Crippen LogP) is -3.17. The normalized spacial score (nSPS) is 7.00. The molecule has 0 unspecified atom stereocenters. The second-order valence-corrected chi connectivity index (χ2v) is 1.96. The molecule has 0 aliphatic carbocycles. The van der Waals surface area contributed by atoms with Crippen molar-refractivity contribution in [1.29, 1.82) is 0 Å². The van der Waals surface area contributed by atoms with Crippen LogP contribution < -0.4 is 21.7 Å². The van der Waals surface area contributed by atoms with Gasteiger partial charge in [0.15, 0.2) is 0 Å². The highest BCUT2D eigenvalue weighted by Gasteiger charge is 1.60. The predicted molar refractivity (Wildman–Crippen MR) is 41.5 cm³/mol. The SMILES string of the molecule is CCC[NH3+].CCC[NH3+].O=C([O-])[O-]. The van der Waals surface area contributed by atoms with Crippen LogP contribution in [0.25, 0.3) is 0 Å².